The van der Waals surface area contributed by atoms with Crippen LogP contribution in [-0.4, -0.2) is 20.3 Å². The number of aryl methyl sites for hydroxylation is 1. The van der Waals surface area contributed by atoms with E-state index in [1.165, 1.54) is 0 Å². The van der Waals surface area contributed by atoms with Crippen LogP contribution in [0.4, 0.5) is 0 Å². The first-order chi connectivity index (χ1) is 9.50. The van der Waals surface area contributed by atoms with Gasteiger partial charge in [-0.2, -0.15) is 0 Å². The predicted octanol–water partition coefficient (Wildman–Crippen LogP) is 3.24. The molecule has 0 saturated heterocycles. The van der Waals surface area contributed by atoms with Gasteiger partial charge in [0.1, 0.15) is 12.4 Å². The number of sulfone groups is 1. The van der Waals surface area contributed by atoms with Gasteiger partial charge in [0.05, 0.1) is 10.1 Å². The standard InChI is InChI=1S/C16H18O3S/c1-13-8-10-16(11-9-13)20(17,18)14(2)12-19-15-6-4-3-5-7-15/h3-11,14H,12H2,1-2H3. The van der Waals surface area contributed by atoms with Crippen molar-refractivity contribution in [2.24, 2.45) is 0 Å². The van der Waals surface area contributed by atoms with Crippen LogP contribution in [0.5, 0.6) is 5.75 Å². The number of para-hydroxylation sites is 1. The van der Waals surface area contributed by atoms with Crippen LogP contribution in [0, 0.1) is 6.92 Å². The third-order valence-electron chi connectivity index (χ3n) is 3.11. The highest BCUT2D eigenvalue weighted by Crippen LogP contribution is 2.18. The van der Waals surface area contributed by atoms with Crippen LogP contribution in [0.15, 0.2) is 59.5 Å². The summed E-state index contributed by atoms with van der Waals surface area (Å²) in [6.07, 6.45) is 0. The summed E-state index contributed by atoms with van der Waals surface area (Å²) in [7, 11) is -3.35. The van der Waals surface area contributed by atoms with Crippen molar-refractivity contribution < 1.29 is 13.2 Å². The molecule has 0 amide bonds. The number of hydrogen-bond donors (Lipinski definition) is 0. The Morgan fingerprint density at radius 3 is 2.20 bits per heavy atom. The van der Waals surface area contributed by atoms with Crippen LogP contribution >= 0.6 is 0 Å². The zero-order valence-electron chi connectivity index (χ0n) is 11.6. The van der Waals surface area contributed by atoms with E-state index in [1.807, 2.05) is 37.3 Å². The van der Waals surface area contributed by atoms with E-state index in [0.717, 1.165) is 5.56 Å². The van der Waals surface area contributed by atoms with Crippen molar-refractivity contribution in [2.45, 2.75) is 24.0 Å². The lowest BCUT2D eigenvalue weighted by Crippen LogP contribution is -2.25. The highest BCUT2D eigenvalue weighted by Gasteiger charge is 2.23. The number of ether oxygens (including phenoxy) is 1. The molecule has 106 valence electrons. The van der Waals surface area contributed by atoms with E-state index in [1.54, 1.807) is 31.2 Å². The predicted molar refractivity (Wildman–Crippen MR) is 79.8 cm³/mol. The molecule has 2 rings (SSSR count). The van der Waals surface area contributed by atoms with Crippen molar-refractivity contribution in [1.29, 1.82) is 0 Å². The summed E-state index contributed by atoms with van der Waals surface area (Å²) in [4.78, 5) is 0.340. The van der Waals surface area contributed by atoms with Gasteiger partial charge in [-0.3, -0.25) is 0 Å². The Balaban J connectivity index is 2.08. The smallest absolute Gasteiger partial charge is 0.184 e. The lowest BCUT2D eigenvalue weighted by molar-refractivity contribution is 0.317. The van der Waals surface area contributed by atoms with Crippen LogP contribution in [0.1, 0.15) is 12.5 Å². The molecule has 1 unspecified atom stereocenters. The van der Waals surface area contributed by atoms with Gasteiger partial charge in [0.2, 0.25) is 0 Å². The van der Waals surface area contributed by atoms with Gasteiger partial charge in [-0.15, -0.1) is 0 Å². The first-order valence-corrected chi connectivity index (χ1v) is 8.03. The van der Waals surface area contributed by atoms with Gasteiger partial charge in [0, 0.05) is 0 Å². The fourth-order valence-electron chi connectivity index (χ4n) is 1.78. The molecule has 0 spiro atoms. The van der Waals surface area contributed by atoms with Crippen molar-refractivity contribution in [3.8, 4) is 5.75 Å². The molecular weight excluding hydrogens is 272 g/mol. The third kappa shape index (κ3) is 3.39. The molecule has 2 aromatic rings. The summed E-state index contributed by atoms with van der Waals surface area (Å²) in [5, 5.41) is -0.592. The maximum Gasteiger partial charge on any atom is 0.184 e. The molecule has 0 aromatic heterocycles. The van der Waals surface area contributed by atoms with Crippen LogP contribution in [0.25, 0.3) is 0 Å². The monoisotopic (exact) mass is 290 g/mol. The maximum atomic E-state index is 12.4. The molecule has 3 nitrogen and oxygen atoms in total. The van der Waals surface area contributed by atoms with Gasteiger partial charge in [0.25, 0.3) is 0 Å². The molecule has 0 radical (unpaired) electrons. The minimum absolute atomic E-state index is 0.139. The maximum absolute atomic E-state index is 12.4. The topological polar surface area (TPSA) is 43.4 Å². The summed E-state index contributed by atoms with van der Waals surface area (Å²) < 4.78 is 30.3. The number of benzene rings is 2. The molecular formula is C16H18O3S. The summed E-state index contributed by atoms with van der Waals surface area (Å²) in [6.45, 7) is 3.73. The Morgan fingerprint density at radius 2 is 1.60 bits per heavy atom. The molecule has 1 atom stereocenters. The van der Waals surface area contributed by atoms with E-state index in [0.29, 0.717) is 10.6 Å². The second-order valence-corrected chi connectivity index (χ2v) is 7.16. The van der Waals surface area contributed by atoms with Crippen molar-refractivity contribution in [3.63, 3.8) is 0 Å². The number of hydrogen-bond acceptors (Lipinski definition) is 3. The fourth-order valence-corrected chi connectivity index (χ4v) is 3.01. The van der Waals surface area contributed by atoms with Gasteiger partial charge < -0.3 is 4.74 Å². The quantitative estimate of drug-likeness (QED) is 0.849. The first-order valence-electron chi connectivity index (χ1n) is 6.48. The van der Waals surface area contributed by atoms with Gasteiger partial charge in [-0.1, -0.05) is 35.9 Å². The molecule has 0 heterocycles. The Morgan fingerprint density at radius 1 is 1.00 bits per heavy atom. The Hall–Kier alpha value is -1.81. The highest BCUT2D eigenvalue weighted by molar-refractivity contribution is 7.92. The van der Waals surface area contributed by atoms with Gasteiger partial charge >= 0.3 is 0 Å². The van der Waals surface area contributed by atoms with Crippen LogP contribution in [0.3, 0.4) is 0 Å². The zero-order valence-corrected chi connectivity index (χ0v) is 12.4. The molecule has 2 aromatic carbocycles. The largest absolute Gasteiger partial charge is 0.492 e. The van der Waals surface area contributed by atoms with E-state index in [4.69, 9.17) is 4.74 Å². The molecule has 20 heavy (non-hydrogen) atoms. The summed E-state index contributed by atoms with van der Waals surface area (Å²) in [5.41, 5.74) is 1.04. The molecule has 0 fully saturated rings. The third-order valence-corrected chi connectivity index (χ3v) is 5.23. The summed E-state index contributed by atoms with van der Waals surface area (Å²) >= 11 is 0. The SMILES string of the molecule is Cc1ccc(S(=O)(=O)C(C)COc2ccccc2)cc1. The Bertz CT molecular complexity index is 646. The molecule has 0 saturated carbocycles. The van der Waals surface area contributed by atoms with Crippen molar-refractivity contribution in [3.05, 3.63) is 60.2 Å². The summed E-state index contributed by atoms with van der Waals surface area (Å²) in [5.74, 6) is 0.679. The molecule has 0 N–H and O–H groups in total. The van der Waals surface area contributed by atoms with Crippen molar-refractivity contribution in [2.75, 3.05) is 6.61 Å². The molecule has 0 bridgehead atoms. The van der Waals surface area contributed by atoms with Crippen molar-refractivity contribution in [1.82, 2.24) is 0 Å². The summed E-state index contributed by atoms with van der Waals surface area (Å²) in [6, 6.07) is 16.1. The second-order valence-electron chi connectivity index (χ2n) is 4.79. The molecule has 4 heteroatoms. The minimum atomic E-state index is -3.35. The van der Waals surface area contributed by atoms with E-state index < -0.39 is 15.1 Å². The van der Waals surface area contributed by atoms with E-state index in [9.17, 15) is 8.42 Å². The Kier molecular flexibility index (Phi) is 4.45. The van der Waals surface area contributed by atoms with Gasteiger partial charge in [0.15, 0.2) is 9.84 Å². The average Bonchev–Trinajstić information content (AvgIpc) is 2.46. The molecule has 0 aliphatic carbocycles. The highest BCUT2D eigenvalue weighted by atomic mass is 32.2. The van der Waals surface area contributed by atoms with Crippen LogP contribution in [0.2, 0.25) is 0 Å². The minimum Gasteiger partial charge on any atom is -0.492 e. The molecule has 0 aliphatic rings. The lowest BCUT2D eigenvalue weighted by Gasteiger charge is -2.14. The zero-order chi connectivity index (χ0) is 14.6. The first kappa shape index (κ1) is 14.6. The average molecular weight is 290 g/mol. The van der Waals surface area contributed by atoms with E-state index in [2.05, 4.69) is 0 Å². The number of rotatable bonds is 5. The van der Waals surface area contributed by atoms with Crippen LogP contribution < -0.4 is 4.74 Å². The normalized spacial score (nSPS) is 12.9. The lowest BCUT2D eigenvalue weighted by atomic mass is 10.2. The van der Waals surface area contributed by atoms with E-state index in [-0.39, 0.29) is 6.61 Å². The van der Waals surface area contributed by atoms with Crippen LogP contribution in [-0.2, 0) is 9.84 Å². The van der Waals surface area contributed by atoms with Gasteiger partial charge in [-0.25, -0.2) is 8.42 Å². The Labute approximate surface area is 120 Å². The fraction of sp³-hybridized carbons (Fsp3) is 0.250. The van der Waals surface area contributed by atoms with Crippen molar-refractivity contribution >= 4 is 9.84 Å². The molecule has 0 aliphatic heterocycles. The second kappa shape index (κ2) is 6.09. The van der Waals surface area contributed by atoms with Gasteiger partial charge in [-0.05, 0) is 38.1 Å². The van der Waals surface area contributed by atoms with E-state index >= 15 is 0 Å².